The van der Waals surface area contributed by atoms with Gasteiger partial charge in [0.25, 0.3) is 0 Å². The highest BCUT2D eigenvalue weighted by Gasteiger charge is 2.32. The Morgan fingerprint density at radius 3 is 2.74 bits per heavy atom. The van der Waals surface area contributed by atoms with Crippen molar-refractivity contribution in [2.45, 2.75) is 44.6 Å². The van der Waals surface area contributed by atoms with Gasteiger partial charge in [-0.25, -0.2) is 0 Å². The molecule has 2 aliphatic heterocycles. The lowest BCUT2D eigenvalue weighted by atomic mass is 10.1. The molecule has 104 valence electrons. The molecule has 1 fully saturated rings. The van der Waals surface area contributed by atoms with Gasteiger partial charge in [0, 0.05) is 19.1 Å². The lowest BCUT2D eigenvalue weighted by Gasteiger charge is -2.21. The number of benzene rings is 1. The molecule has 0 N–H and O–H groups in total. The first-order valence-corrected chi connectivity index (χ1v) is 6.82. The lowest BCUT2D eigenvalue weighted by Crippen LogP contribution is -2.19. The summed E-state index contributed by atoms with van der Waals surface area (Å²) < 4.78 is 22.4. The standard InChI is InChI=1S/C15H20O4/c1-10-12-5-3-4-6-13(12)15(18-10)19-14(16-2)8-7-11-9-17-11/h3-6,10-11,14-15H,7-9H2,1-2H3. The summed E-state index contributed by atoms with van der Waals surface area (Å²) in [4.78, 5) is 0. The van der Waals surface area contributed by atoms with Gasteiger partial charge in [-0.3, -0.25) is 0 Å². The fourth-order valence-corrected chi connectivity index (χ4v) is 2.47. The van der Waals surface area contributed by atoms with E-state index in [1.807, 2.05) is 19.1 Å². The second-order valence-corrected chi connectivity index (χ2v) is 5.07. The van der Waals surface area contributed by atoms with Crippen LogP contribution in [0.25, 0.3) is 0 Å². The number of hydrogen-bond donors (Lipinski definition) is 0. The van der Waals surface area contributed by atoms with Gasteiger partial charge >= 0.3 is 0 Å². The van der Waals surface area contributed by atoms with Crippen molar-refractivity contribution in [3.05, 3.63) is 35.4 Å². The number of epoxide rings is 1. The molecule has 0 bridgehead atoms. The minimum atomic E-state index is -0.323. The molecule has 1 saturated heterocycles. The summed E-state index contributed by atoms with van der Waals surface area (Å²) in [7, 11) is 1.67. The van der Waals surface area contributed by atoms with Crippen LogP contribution in [-0.4, -0.2) is 26.1 Å². The van der Waals surface area contributed by atoms with Crippen LogP contribution in [0.1, 0.15) is 43.3 Å². The Kier molecular flexibility index (Phi) is 3.84. The molecule has 0 aromatic heterocycles. The number of fused-ring (bicyclic) bond motifs is 1. The molecule has 0 aliphatic carbocycles. The van der Waals surface area contributed by atoms with Gasteiger partial charge in [0.1, 0.15) is 0 Å². The van der Waals surface area contributed by atoms with Gasteiger partial charge in [-0.1, -0.05) is 24.3 Å². The predicted octanol–water partition coefficient (Wildman–Crippen LogP) is 2.94. The zero-order chi connectivity index (χ0) is 13.2. The first-order valence-electron chi connectivity index (χ1n) is 6.82. The molecule has 0 saturated carbocycles. The second-order valence-electron chi connectivity index (χ2n) is 5.07. The molecule has 4 atom stereocenters. The third-order valence-corrected chi connectivity index (χ3v) is 3.68. The Bertz CT molecular complexity index is 430. The van der Waals surface area contributed by atoms with E-state index in [0.717, 1.165) is 25.0 Å². The Morgan fingerprint density at radius 1 is 1.32 bits per heavy atom. The minimum absolute atomic E-state index is 0.0745. The summed E-state index contributed by atoms with van der Waals surface area (Å²) in [5.74, 6) is 0. The molecular formula is C15H20O4. The van der Waals surface area contributed by atoms with Crippen molar-refractivity contribution in [3.63, 3.8) is 0 Å². The van der Waals surface area contributed by atoms with Gasteiger partial charge in [-0.2, -0.15) is 0 Å². The van der Waals surface area contributed by atoms with E-state index in [-0.39, 0.29) is 18.7 Å². The lowest BCUT2D eigenvalue weighted by molar-refractivity contribution is -0.247. The third kappa shape index (κ3) is 2.98. The van der Waals surface area contributed by atoms with Crippen LogP contribution in [0.3, 0.4) is 0 Å². The van der Waals surface area contributed by atoms with E-state index in [2.05, 4.69) is 12.1 Å². The van der Waals surface area contributed by atoms with Crippen molar-refractivity contribution in [2.75, 3.05) is 13.7 Å². The van der Waals surface area contributed by atoms with Crippen molar-refractivity contribution >= 4 is 0 Å². The molecule has 3 rings (SSSR count). The molecule has 0 amide bonds. The average molecular weight is 264 g/mol. The highest BCUT2D eigenvalue weighted by Crippen LogP contribution is 2.40. The summed E-state index contributed by atoms with van der Waals surface area (Å²) in [5.41, 5.74) is 2.31. The van der Waals surface area contributed by atoms with E-state index in [1.54, 1.807) is 7.11 Å². The molecule has 4 unspecified atom stereocenters. The monoisotopic (exact) mass is 264 g/mol. The van der Waals surface area contributed by atoms with Crippen LogP contribution in [0, 0.1) is 0 Å². The summed E-state index contributed by atoms with van der Waals surface area (Å²) >= 11 is 0. The number of hydrogen-bond acceptors (Lipinski definition) is 4. The molecule has 2 heterocycles. The first-order chi connectivity index (χ1) is 9.28. The Morgan fingerprint density at radius 2 is 2.05 bits per heavy atom. The quantitative estimate of drug-likeness (QED) is 0.585. The van der Waals surface area contributed by atoms with E-state index in [9.17, 15) is 0 Å². The van der Waals surface area contributed by atoms with Crippen LogP contribution < -0.4 is 0 Å². The smallest absolute Gasteiger partial charge is 0.187 e. The normalized spacial score (nSPS) is 30.1. The minimum Gasteiger partial charge on any atom is -0.373 e. The summed E-state index contributed by atoms with van der Waals surface area (Å²) in [6, 6.07) is 8.18. The fourth-order valence-electron chi connectivity index (χ4n) is 2.47. The summed E-state index contributed by atoms with van der Waals surface area (Å²) in [6.45, 7) is 2.91. The maximum atomic E-state index is 5.94. The van der Waals surface area contributed by atoms with Crippen molar-refractivity contribution in [3.8, 4) is 0 Å². The Balaban J connectivity index is 1.62. The number of ether oxygens (including phenoxy) is 4. The SMILES string of the molecule is COC(CCC1CO1)OC1OC(C)c2ccccc21. The first kappa shape index (κ1) is 13.1. The van der Waals surface area contributed by atoms with Gasteiger partial charge in [0.15, 0.2) is 12.6 Å². The van der Waals surface area contributed by atoms with E-state index < -0.39 is 0 Å². The predicted molar refractivity (Wildman–Crippen MR) is 69.5 cm³/mol. The van der Waals surface area contributed by atoms with Crippen molar-refractivity contribution in [2.24, 2.45) is 0 Å². The van der Waals surface area contributed by atoms with Gasteiger partial charge in [0.2, 0.25) is 0 Å². The number of rotatable bonds is 6. The van der Waals surface area contributed by atoms with E-state index >= 15 is 0 Å². The van der Waals surface area contributed by atoms with Crippen LogP contribution in [0.4, 0.5) is 0 Å². The molecule has 2 aliphatic rings. The average Bonchev–Trinajstić information content (AvgIpc) is 3.21. The zero-order valence-corrected chi connectivity index (χ0v) is 11.4. The van der Waals surface area contributed by atoms with Crippen LogP contribution >= 0.6 is 0 Å². The molecule has 0 spiro atoms. The maximum absolute atomic E-state index is 5.94. The molecule has 4 heteroatoms. The molecule has 4 nitrogen and oxygen atoms in total. The van der Waals surface area contributed by atoms with Crippen LogP contribution in [-0.2, 0) is 18.9 Å². The Labute approximate surface area is 113 Å². The van der Waals surface area contributed by atoms with E-state index in [1.165, 1.54) is 5.56 Å². The topological polar surface area (TPSA) is 40.2 Å². The second kappa shape index (κ2) is 5.59. The molecule has 1 aromatic rings. The highest BCUT2D eigenvalue weighted by molar-refractivity contribution is 5.32. The van der Waals surface area contributed by atoms with Crippen LogP contribution in [0.15, 0.2) is 24.3 Å². The molecule has 1 aromatic carbocycles. The number of methoxy groups -OCH3 is 1. The molecule has 0 radical (unpaired) electrons. The molecule has 19 heavy (non-hydrogen) atoms. The van der Waals surface area contributed by atoms with Crippen molar-refractivity contribution in [1.82, 2.24) is 0 Å². The fraction of sp³-hybridized carbons (Fsp3) is 0.600. The Hall–Kier alpha value is -0.940. The zero-order valence-electron chi connectivity index (χ0n) is 11.4. The van der Waals surface area contributed by atoms with Crippen molar-refractivity contribution < 1.29 is 18.9 Å². The summed E-state index contributed by atoms with van der Waals surface area (Å²) in [5, 5.41) is 0. The summed E-state index contributed by atoms with van der Waals surface area (Å²) in [6.07, 6.45) is 1.71. The van der Waals surface area contributed by atoms with Crippen LogP contribution in [0.5, 0.6) is 0 Å². The van der Waals surface area contributed by atoms with Gasteiger partial charge < -0.3 is 18.9 Å². The van der Waals surface area contributed by atoms with Gasteiger partial charge in [-0.05, 0) is 18.9 Å². The van der Waals surface area contributed by atoms with Gasteiger partial charge in [-0.15, -0.1) is 0 Å². The van der Waals surface area contributed by atoms with E-state index in [0.29, 0.717) is 6.10 Å². The largest absolute Gasteiger partial charge is 0.373 e. The third-order valence-electron chi connectivity index (χ3n) is 3.68. The highest BCUT2D eigenvalue weighted by atomic mass is 16.8. The molecular weight excluding hydrogens is 244 g/mol. The maximum Gasteiger partial charge on any atom is 0.187 e. The van der Waals surface area contributed by atoms with E-state index in [4.69, 9.17) is 18.9 Å². The van der Waals surface area contributed by atoms with Crippen LogP contribution in [0.2, 0.25) is 0 Å². The van der Waals surface area contributed by atoms with Crippen molar-refractivity contribution in [1.29, 1.82) is 0 Å². The van der Waals surface area contributed by atoms with Gasteiger partial charge in [0.05, 0.1) is 18.8 Å².